The normalized spacial score (nSPS) is 42.7. The van der Waals surface area contributed by atoms with E-state index in [-0.39, 0.29) is 17.5 Å². The van der Waals surface area contributed by atoms with Crippen LogP contribution in [0.1, 0.15) is 32.1 Å². The number of fused-ring (bicyclic) bond motifs is 2. The second-order valence-electron chi connectivity index (χ2n) is 5.95. The predicted molar refractivity (Wildman–Crippen MR) is 66.3 cm³/mol. The molecule has 0 aromatic heterocycles. The minimum absolute atomic E-state index is 0.0687. The molecule has 0 radical (unpaired) electrons. The Morgan fingerprint density at radius 3 is 2.74 bits per heavy atom. The maximum absolute atomic E-state index is 12.3. The lowest BCUT2D eigenvalue weighted by Crippen LogP contribution is -2.48. The molecule has 2 aliphatic carbocycles. The van der Waals surface area contributed by atoms with Gasteiger partial charge in [0.05, 0.1) is 0 Å². The van der Waals surface area contributed by atoms with Crippen LogP contribution in [0.2, 0.25) is 0 Å². The summed E-state index contributed by atoms with van der Waals surface area (Å²) in [5.41, 5.74) is -0.850. The van der Waals surface area contributed by atoms with Gasteiger partial charge in [-0.25, -0.2) is 0 Å². The topological polar surface area (TPSA) is 52.6 Å². The van der Waals surface area contributed by atoms with Crippen molar-refractivity contribution in [2.45, 2.75) is 49.6 Å². The highest BCUT2D eigenvalue weighted by Crippen LogP contribution is 2.54. The van der Waals surface area contributed by atoms with Gasteiger partial charge in [0.25, 0.3) is 0 Å². The van der Waals surface area contributed by atoms with Crippen LogP contribution in [-0.2, 0) is 19.1 Å². The molecule has 4 rings (SSSR count). The zero-order valence-corrected chi connectivity index (χ0v) is 10.6. The van der Waals surface area contributed by atoms with Crippen LogP contribution >= 0.6 is 0 Å². The van der Waals surface area contributed by atoms with Crippen molar-refractivity contribution in [3.8, 4) is 0 Å². The van der Waals surface area contributed by atoms with E-state index >= 15 is 0 Å². The van der Waals surface area contributed by atoms with Crippen LogP contribution in [-0.4, -0.2) is 29.1 Å². The Morgan fingerprint density at radius 1 is 1.16 bits per heavy atom. The third-order valence-corrected chi connectivity index (χ3v) is 4.78. The molecule has 2 aliphatic heterocycles. The Balaban J connectivity index is 1.77. The minimum atomic E-state index is -0.850. The van der Waals surface area contributed by atoms with Crippen LogP contribution in [0, 0.1) is 5.92 Å². The lowest BCUT2D eigenvalue weighted by molar-refractivity contribution is -0.240. The summed E-state index contributed by atoms with van der Waals surface area (Å²) >= 11 is 0. The highest BCUT2D eigenvalue weighted by molar-refractivity contribution is 6.01. The Labute approximate surface area is 111 Å². The summed E-state index contributed by atoms with van der Waals surface area (Å²) in [5, 5.41) is 0. The molecule has 4 heteroatoms. The number of ether oxygens (including phenoxy) is 2. The van der Waals surface area contributed by atoms with Gasteiger partial charge in [-0.3, -0.25) is 9.59 Å². The van der Waals surface area contributed by atoms with Crippen LogP contribution in [0.25, 0.3) is 0 Å². The Morgan fingerprint density at radius 2 is 1.95 bits per heavy atom. The first-order chi connectivity index (χ1) is 9.14. The van der Waals surface area contributed by atoms with Crippen LogP contribution in [0.3, 0.4) is 0 Å². The number of hydrogen-bond donors (Lipinski definition) is 0. The smallest absolute Gasteiger partial charge is 0.178 e. The van der Waals surface area contributed by atoms with E-state index in [1.165, 1.54) is 12.2 Å². The summed E-state index contributed by atoms with van der Waals surface area (Å²) in [6, 6.07) is 0. The van der Waals surface area contributed by atoms with Crippen molar-refractivity contribution >= 4 is 11.6 Å². The molecule has 19 heavy (non-hydrogen) atoms. The highest BCUT2D eigenvalue weighted by Gasteiger charge is 2.64. The molecule has 2 spiro atoms. The summed E-state index contributed by atoms with van der Waals surface area (Å²) < 4.78 is 12.3. The van der Waals surface area contributed by atoms with Gasteiger partial charge in [-0.1, -0.05) is 6.42 Å². The molecule has 100 valence electrons. The summed E-state index contributed by atoms with van der Waals surface area (Å²) in [6.07, 6.45) is 10.4. The molecule has 0 N–H and O–H groups in total. The monoisotopic (exact) mass is 260 g/mol. The molecular weight excluding hydrogens is 244 g/mol. The number of carbonyl (C=O) groups is 2. The number of carbonyl (C=O) groups excluding carboxylic acids is 2. The highest BCUT2D eigenvalue weighted by atomic mass is 16.8. The van der Waals surface area contributed by atoms with E-state index < -0.39 is 17.5 Å². The SMILES string of the molecule is O=C1C=CC2(C=C1)OC13CCCCC1CC(=O)C2O3. The molecule has 3 atom stereocenters. The number of allylic oxidation sites excluding steroid dienone is 2. The van der Waals surface area contributed by atoms with Gasteiger partial charge in [0.15, 0.2) is 23.5 Å². The van der Waals surface area contributed by atoms with Crippen LogP contribution in [0.15, 0.2) is 24.3 Å². The van der Waals surface area contributed by atoms with Gasteiger partial charge in [-0.15, -0.1) is 0 Å². The van der Waals surface area contributed by atoms with Gasteiger partial charge in [-0.05, 0) is 37.1 Å². The standard InChI is InChI=1S/C15H16O4/c16-11-4-7-14(8-5-11)13-12(17)9-10-3-1-2-6-15(10,18-13)19-14/h4-5,7-8,10,13H,1-3,6,9H2. The van der Waals surface area contributed by atoms with Crippen molar-refractivity contribution in [3.05, 3.63) is 24.3 Å². The van der Waals surface area contributed by atoms with Crippen molar-refractivity contribution < 1.29 is 19.1 Å². The number of Topliss-reactive ketones (excluding diaryl/α,β-unsaturated/α-hetero) is 1. The number of rotatable bonds is 0. The first-order valence-electron chi connectivity index (χ1n) is 6.97. The van der Waals surface area contributed by atoms with Crippen LogP contribution in [0.5, 0.6) is 0 Å². The van der Waals surface area contributed by atoms with E-state index in [0.717, 1.165) is 25.7 Å². The summed E-state index contributed by atoms with van der Waals surface area (Å²) in [7, 11) is 0. The first-order valence-corrected chi connectivity index (χ1v) is 6.97. The largest absolute Gasteiger partial charge is 0.335 e. The molecule has 3 fully saturated rings. The molecule has 1 saturated carbocycles. The molecule has 0 amide bonds. The summed E-state index contributed by atoms with van der Waals surface area (Å²) in [5.74, 6) is -0.403. The fourth-order valence-electron chi connectivity index (χ4n) is 3.85. The average Bonchev–Trinajstić information content (AvgIpc) is 2.68. The van der Waals surface area contributed by atoms with Gasteiger partial charge in [0, 0.05) is 18.8 Å². The van der Waals surface area contributed by atoms with Crippen LogP contribution < -0.4 is 0 Å². The quantitative estimate of drug-likeness (QED) is 0.665. The van der Waals surface area contributed by atoms with E-state index in [4.69, 9.17) is 9.47 Å². The molecule has 4 aliphatic rings. The zero-order valence-electron chi connectivity index (χ0n) is 10.6. The Hall–Kier alpha value is -1.26. The number of ketones is 2. The molecule has 3 unspecified atom stereocenters. The van der Waals surface area contributed by atoms with E-state index in [1.807, 2.05) is 0 Å². The summed E-state index contributed by atoms with van der Waals surface area (Å²) in [6.45, 7) is 0. The van der Waals surface area contributed by atoms with Crippen molar-refractivity contribution in [3.63, 3.8) is 0 Å². The third-order valence-electron chi connectivity index (χ3n) is 4.78. The zero-order chi connectivity index (χ0) is 13.1. The van der Waals surface area contributed by atoms with Crippen molar-refractivity contribution in [1.29, 1.82) is 0 Å². The molecule has 0 aromatic rings. The van der Waals surface area contributed by atoms with Crippen molar-refractivity contribution in [2.24, 2.45) is 5.92 Å². The van der Waals surface area contributed by atoms with E-state index in [0.29, 0.717) is 6.42 Å². The first kappa shape index (κ1) is 11.6. The van der Waals surface area contributed by atoms with E-state index in [1.54, 1.807) is 12.2 Å². The van der Waals surface area contributed by atoms with Gasteiger partial charge in [0.1, 0.15) is 5.60 Å². The molecular formula is C15H16O4. The third kappa shape index (κ3) is 1.47. The molecule has 2 saturated heterocycles. The Kier molecular flexibility index (Phi) is 2.22. The Bertz CT molecular complexity index is 502. The van der Waals surface area contributed by atoms with Gasteiger partial charge in [0.2, 0.25) is 0 Å². The molecule has 2 bridgehead atoms. The van der Waals surface area contributed by atoms with Crippen molar-refractivity contribution in [1.82, 2.24) is 0 Å². The van der Waals surface area contributed by atoms with Gasteiger partial charge in [-0.2, -0.15) is 0 Å². The molecule has 2 heterocycles. The maximum Gasteiger partial charge on any atom is 0.178 e. The second kappa shape index (κ2) is 3.64. The van der Waals surface area contributed by atoms with E-state index in [2.05, 4.69) is 0 Å². The van der Waals surface area contributed by atoms with Crippen molar-refractivity contribution in [2.75, 3.05) is 0 Å². The average molecular weight is 260 g/mol. The molecule has 4 nitrogen and oxygen atoms in total. The summed E-state index contributed by atoms with van der Waals surface area (Å²) in [4.78, 5) is 23.6. The van der Waals surface area contributed by atoms with Crippen LogP contribution in [0.4, 0.5) is 0 Å². The minimum Gasteiger partial charge on any atom is -0.335 e. The lowest BCUT2D eigenvalue weighted by atomic mass is 9.77. The maximum atomic E-state index is 12.3. The fraction of sp³-hybridized carbons (Fsp3) is 0.600. The predicted octanol–water partition coefficient (Wildman–Crippen LogP) is 1.69. The molecule has 0 aromatic carbocycles. The van der Waals surface area contributed by atoms with Gasteiger partial charge >= 0.3 is 0 Å². The lowest BCUT2D eigenvalue weighted by Gasteiger charge is -2.41. The second-order valence-corrected chi connectivity index (χ2v) is 5.95. The van der Waals surface area contributed by atoms with E-state index in [9.17, 15) is 9.59 Å². The number of hydrogen-bond acceptors (Lipinski definition) is 4. The van der Waals surface area contributed by atoms with Gasteiger partial charge < -0.3 is 9.47 Å². The fourth-order valence-corrected chi connectivity index (χ4v) is 3.85.